The number of carboxylic acid groups (broad SMARTS) is 1. The number of nitrogens with one attached hydrogen (secondary N) is 1. The Morgan fingerprint density at radius 3 is 2.56 bits per heavy atom. The summed E-state index contributed by atoms with van der Waals surface area (Å²) in [5.41, 5.74) is 1.76. The Bertz CT molecular complexity index is 901. The lowest BCUT2D eigenvalue weighted by Gasteiger charge is -2.06. The standard InChI is InChI=1S/C16H14ClN5O3/c17-12-7-18-22(9-12)8-11-1-3-13(4-2-11)19-16(25)14-5-6-21(20-14)10-15(23)24/h1-7,9H,8,10H2,(H,19,25)(H,23,24). The van der Waals surface area contributed by atoms with Crippen molar-refractivity contribution in [3.8, 4) is 0 Å². The molecule has 0 saturated heterocycles. The molecule has 0 radical (unpaired) electrons. The normalized spacial score (nSPS) is 10.6. The van der Waals surface area contributed by atoms with Crippen molar-refractivity contribution in [3.63, 3.8) is 0 Å². The number of aromatic nitrogens is 4. The van der Waals surface area contributed by atoms with Crippen LogP contribution in [-0.4, -0.2) is 36.5 Å². The first-order valence-electron chi connectivity index (χ1n) is 7.33. The van der Waals surface area contributed by atoms with Crippen LogP contribution < -0.4 is 5.32 Å². The summed E-state index contributed by atoms with van der Waals surface area (Å²) in [7, 11) is 0. The molecule has 1 amide bonds. The van der Waals surface area contributed by atoms with E-state index in [4.69, 9.17) is 16.7 Å². The fourth-order valence-electron chi connectivity index (χ4n) is 2.21. The van der Waals surface area contributed by atoms with Gasteiger partial charge in [0.15, 0.2) is 5.69 Å². The summed E-state index contributed by atoms with van der Waals surface area (Å²) in [5, 5.41) is 20.0. The number of anilines is 1. The highest BCUT2D eigenvalue weighted by Crippen LogP contribution is 2.13. The first-order valence-corrected chi connectivity index (χ1v) is 7.71. The van der Waals surface area contributed by atoms with E-state index in [2.05, 4.69) is 15.5 Å². The number of carbonyl (C=O) groups is 2. The molecule has 0 saturated carbocycles. The highest BCUT2D eigenvalue weighted by Gasteiger charge is 2.11. The Morgan fingerprint density at radius 2 is 1.92 bits per heavy atom. The van der Waals surface area contributed by atoms with Gasteiger partial charge in [-0.05, 0) is 23.8 Å². The van der Waals surface area contributed by atoms with Crippen LogP contribution in [0.3, 0.4) is 0 Å². The molecule has 2 heterocycles. The number of rotatable bonds is 6. The van der Waals surface area contributed by atoms with Crippen molar-refractivity contribution < 1.29 is 14.7 Å². The maximum atomic E-state index is 12.1. The highest BCUT2D eigenvalue weighted by atomic mass is 35.5. The highest BCUT2D eigenvalue weighted by molar-refractivity contribution is 6.30. The Hall–Kier alpha value is -3.13. The van der Waals surface area contributed by atoms with Gasteiger partial charge in [0.25, 0.3) is 5.91 Å². The molecule has 0 aliphatic heterocycles. The minimum atomic E-state index is -1.02. The van der Waals surface area contributed by atoms with Crippen LogP contribution in [0.25, 0.3) is 0 Å². The van der Waals surface area contributed by atoms with E-state index in [-0.39, 0.29) is 12.2 Å². The number of carboxylic acids is 1. The van der Waals surface area contributed by atoms with Gasteiger partial charge in [0.2, 0.25) is 0 Å². The topological polar surface area (TPSA) is 102 Å². The summed E-state index contributed by atoms with van der Waals surface area (Å²) >= 11 is 5.83. The Morgan fingerprint density at radius 1 is 1.16 bits per heavy atom. The van der Waals surface area contributed by atoms with Gasteiger partial charge in [0.1, 0.15) is 6.54 Å². The van der Waals surface area contributed by atoms with Crippen LogP contribution in [0, 0.1) is 0 Å². The Labute approximate surface area is 147 Å². The van der Waals surface area contributed by atoms with Crippen molar-refractivity contribution in [3.05, 3.63) is 65.2 Å². The zero-order valence-electron chi connectivity index (χ0n) is 13.0. The Kier molecular flexibility index (Phi) is 4.80. The number of amides is 1. The van der Waals surface area contributed by atoms with Gasteiger partial charge >= 0.3 is 5.97 Å². The van der Waals surface area contributed by atoms with Gasteiger partial charge in [-0.1, -0.05) is 23.7 Å². The van der Waals surface area contributed by atoms with Crippen LogP contribution >= 0.6 is 11.6 Å². The van der Waals surface area contributed by atoms with Crippen molar-refractivity contribution in [2.24, 2.45) is 0 Å². The molecule has 9 heteroatoms. The van der Waals surface area contributed by atoms with Crippen LogP contribution in [0.1, 0.15) is 16.1 Å². The minimum Gasteiger partial charge on any atom is -0.480 e. The maximum absolute atomic E-state index is 12.1. The predicted octanol–water partition coefficient (Wildman–Crippen LogP) is 2.12. The fourth-order valence-corrected chi connectivity index (χ4v) is 2.37. The number of carbonyl (C=O) groups excluding carboxylic acids is 1. The van der Waals surface area contributed by atoms with Crippen molar-refractivity contribution in [2.75, 3.05) is 5.32 Å². The van der Waals surface area contributed by atoms with E-state index in [1.54, 1.807) is 29.2 Å². The molecule has 1 aromatic carbocycles. The number of hydrogen-bond donors (Lipinski definition) is 2. The van der Waals surface area contributed by atoms with E-state index in [9.17, 15) is 9.59 Å². The molecule has 0 unspecified atom stereocenters. The number of benzene rings is 1. The third kappa shape index (κ3) is 4.45. The number of nitrogens with zero attached hydrogens (tertiary/aromatic N) is 4. The molecule has 128 valence electrons. The summed E-state index contributed by atoms with van der Waals surface area (Å²) in [6.07, 6.45) is 4.74. The summed E-state index contributed by atoms with van der Waals surface area (Å²) in [6, 6.07) is 8.75. The minimum absolute atomic E-state index is 0.150. The van der Waals surface area contributed by atoms with E-state index >= 15 is 0 Å². The van der Waals surface area contributed by atoms with E-state index in [1.807, 2.05) is 12.1 Å². The molecule has 8 nitrogen and oxygen atoms in total. The van der Waals surface area contributed by atoms with Crippen molar-refractivity contribution in [1.82, 2.24) is 19.6 Å². The molecule has 0 aliphatic carbocycles. The van der Waals surface area contributed by atoms with E-state index in [0.717, 1.165) is 5.56 Å². The molecular weight excluding hydrogens is 346 g/mol. The van der Waals surface area contributed by atoms with Gasteiger partial charge in [-0.3, -0.25) is 19.0 Å². The molecule has 2 aromatic heterocycles. The van der Waals surface area contributed by atoms with E-state index < -0.39 is 11.9 Å². The van der Waals surface area contributed by atoms with Crippen molar-refractivity contribution >= 4 is 29.2 Å². The zero-order chi connectivity index (χ0) is 17.8. The monoisotopic (exact) mass is 359 g/mol. The smallest absolute Gasteiger partial charge is 0.325 e. The molecule has 3 aromatic rings. The predicted molar refractivity (Wildman–Crippen MR) is 90.6 cm³/mol. The van der Waals surface area contributed by atoms with Gasteiger partial charge in [-0.25, -0.2) is 0 Å². The SMILES string of the molecule is O=C(O)Cn1ccc(C(=O)Nc2ccc(Cn3cc(Cl)cn3)cc2)n1. The molecular formula is C16H14ClN5O3. The zero-order valence-corrected chi connectivity index (χ0v) is 13.7. The molecule has 0 bridgehead atoms. The van der Waals surface area contributed by atoms with Gasteiger partial charge in [0, 0.05) is 18.1 Å². The third-order valence-corrected chi connectivity index (χ3v) is 3.52. The first kappa shape index (κ1) is 16.7. The second kappa shape index (κ2) is 7.18. The second-order valence-electron chi connectivity index (χ2n) is 5.30. The molecule has 0 spiro atoms. The average Bonchev–Trinajstić information content (AvgIpc) is 3.18. The largest absolute Gasteiger partial charge is 0.480 e. The molecule has 0 aliphatic rings. The second-order valence-corrected chi connectivity index (χ2v) is 5.74. The van der Waals surface area contributed by atoms with E-state index in [1.165, 1.54) is 16.9 Å². The van der Waals surface area contributed by atoms with Crippen LogP contribution in [-0.2, 0) is 17.9 Å². The molecule has 0 fully saturated rings. The summed E-state index contributed by atoms with van der Waals surface area (Å²) < 4.78 is 2.90. The molecule has 0 atom stereocenters. The first-order chi connectivity index (χ1) is 12.0. The maximum Gasteiger partial charge on any atom is 0.325 e. The summed E-state index contributed by atoms with van der Waals surface area (Å²) in [4.78, 5) is 22.8. The van der Waals surface area contributed by atoms with Crippen LogP contribution in [0.5, 0.6) is 0 Å². The van der Waals surface area contributed by atoms with Crippen LogP contribution in [0.4, 0.5) is 5.69 Å². The van der Waals surface area contributed by atoms with Gasteiger partial charge in [-0.2, -0.15) is 10.2 Å². The number of aliphatic carboxylic acids is 1. The van der Waals surface area contributed by atoms with Gasteiger partial charge < -0.3 is 10.4 Å². The lowest BCUT2D eigenvalue weighted by atomic mass is 10.2. The summed E-state index contributed by atoms with van der Waals surface area (Å²) in [6.45, 7) is 0.278. The third-order valence-electron chi connectivity index (χ3n) is 3.33. The van der Waals surface area contributed by atoms with Gasteiger partial charge in [-0.15, -0.1) is 0 Å². The average molecular weight is 360 g/mol. The van der Waals surface area contributed by atoms with Gasteiger partial charge in [0.05, 0.1) is 17.8 Å². The van der Waals surface area contributed by atoms with Crippen molar-refractivity contribution in [1.29, 1.82) is 0 Å². The van der Waals surface area contributed by atoms with Crippen LogP contribution in [0.2, 0.25) is 5.02 Å². The van der Waals surface area contributed by atoms with Crippen molar-refractivity contribution in [2.45, 2.75) is 13.1 Å². The molecule has 25 heavy (non-hydrogen) atoms. The lowest BCUT2D eigenvalue weighted by Crippen LogP contribution is -2.15. The molecule has 2 N–H and O–H groups in total. The fraction of sp³-hybridized carbons (Fsp3) is 0.125. The van der Waals surface area contributed by atoms with E-state index in [0.29, 0.717) is 17.3 Å². The Balaban J connectivity index is 1.61. The summed E-state index contributed by atoms with van der Waals surface area (Å²) in [5.74, 6) is -1.43. The molecule has 3 rings (SSSR count). The quantitative estimate of drug-likeness (QED) is 0.701. The van der Waals surface area contributed by atoms with Crippen LogP contribution in [0.15, 0.2) is 48.9 Å². The number of halogens is 1. The number of hydrogen-bond acceptors (Lipinski definition) is 4. The lowest BCUT2D eigenvalue weighted by molar-refractivity contribution is -0.137.